The van der Waals surface area contributed by atoms with Crippen molar-refractivity contribution >= 4 is 5.91 Å². The molecule has 0 unspecified atom stereocenters. The number of rotatable bonds is 4. The highest BCUT2D eigenvalue weighted by atomic mass is 19.2. The molecule has 1 aromatic rings. The molecule has 8 heteroatoms. The number of hydrogen-bond donors (Lipinski definition) is 1. The summed E-state index contributed by atoms with van der Waals surface area (Å²) in [7, 11) is 0. The second kappa shape index (κ2) is 6.75. The van der Waals surface area contributed by atoms with Gasteiger partial charge in [-0.15, -0.1) is 0 Å². The van der Waals surface area contributed by atoms with Crippen molar-refractivity contribution < 1.29 is 27.1 Å². The van der Waals surface area contributed by atoms with E-state index in [9.17, 15) is 22.4 Å². The molecule has 1 N–H and O–H groups in total. The van der Waals surface area contributed by atoms with Gasteiger partial charge in [-0.2, -0.15) is 8.78 Å². The number of benzene rings is 1. The van der Waals surface area contributed by atoms with Crippen molar-refractivity contribution in [2.24, 2.45) is 0 Å². The molecule has 1 heterocycles. The van der Waals surface area contributed by atoms with Gasteiger partial charge in [-0.1, -0.05) is 0 Å². The molecule has 1 aliphatic rings. The number of amides is 1. The monoisotopic (exact) mass is 306 g/mol. The number of carbonyl (C=O) groups excluding carboxylic acids is 1. The Morgan fingerprint density at radius 2 is 1.71 bits per heavy atom. The predicted molar refractivity (Wildman–Crippen MR) is 65.8 cm³/mol. The lowest BCUT2D eigenvalue weighted by Crippen LogP contribution is -2.46. The van der Waals surface area contributed by atoms with Crippen LogP contribution in [0.2, 0.25) is 0 Å². The summed E-state index contributed by atoms with van der Waals surface area (Å²) < 4.78 is 57.2. The van der Waals surface area contributed by atoms with E-state index in [4.69, 9.17) is 4.74 Å². The van der Waals surface area contributed by atoms with E-state index in [0.29, 0.717) is 26.2 Å². The summed E-state index contributed by atoms with van der Waals surface area (Å²) in [6.07, 6.45) is -0.128. The first kappa shape index (κ1) is 15.6. The summed E-state index contributed by atoms with van der Waals surface area (Å²) in [5.74, 6) is -7.68. The van der Waals surface area contributed by atoms with Crippen LogP contribution >= 0.6 is 0 Å². The molecule has 1 saturated heterocycles. The minimum atomic E-state index is -1.61. The van der Waals surface area contributed by atoms with Gasteiger partial charge in [0.25, 0.3) is 0 Å². The van der Waals surface area contributed by atoms with Gasteiger partial charge in [-0.3, -0.25) is 4.79 Å². The van der Waals surface area contributed by atoms with Crippen molar-refractivity contribution in [1.82, 2.24) is 10.2 Å². The van der Waals surface area contributed by atoms with Crippen LogP contribution in [0.1, 0.15) is 6.42 Å². The summed E-state index contributed by atoms with van der Waals surface area (Å²) >= 11 is 0. The molecular formula is C13H14F4N2O2. The second-order valence-electron chi connectivity index (χ2n) is 4.53. The zero-order valence-electron chi connectivity index (χ0n) is 11.1. The first-order chi connectivity index (χ1) is 10.0. The predicted octanol–water partition coefficient (Wildman–Crippen LogP) is 1.44. The van der Waals surface area contributed by atoms with Crippen molar-refractivity contribution in [2.75, 3.05) is 32.8 Å². The summed E-state index contributed by atoms with van der Waals surface area (Å²) in [4.78, 5) is 13.4. The Morgan fingerprint density at radius 3 is 2.29 bits per heavy atom. The normalized spacial score (nSPS) is 15.1. The van der Waals surface area contributed by atoms with Crippen LogP contribution in [0.3, 0.4) is 0 Å². The zero-order chi connectivity index (χ0) is 15.4. The lowest BCUT2D eigenvalue weighted by atomic mass is 10.3. The van der Waals surface area contributed by atoms with Gasteiger partial charge in [0.15, 0.2) is 17.4 Å². The van der Waals surface area contributed by atoms with E-state index in [2.05, 4.69) is 5.32 Å². The van der Waals surface area contributed by atoms with E-state index in [0.717, 1.165) is 0 Å². The molecule has 2 rings (SSSR count). The molecule has 0 bridgehead atoms. The molecule has 0 aliphatic carbocycles. The minimum absolute atomic E-state index is 0.101. The van der Waals surface area contributed by atoms with Crippen molar-refractivity contribution in [3.8, 4) is 5.75 Å². The van der Waals surface area contributed by atoms with Crippen LogP contribution in [0.5, 0.6) is 5.75 Å². The van der Waals surface area contributed by atoms with Gasteiger partial charge in [-0.05, 0) is 0 Å². The SMILES string of the molecule is O=C(CCOc1c(F)c(F)cc(F)c1F)N1CCNCC1. The number of nitrogens with one attached hydrogen (secondary N) is 1. The minimum Gasteiger partial charge on any atom is -0.487 e. The summed E-state index contributed by atoms with van der Waals surface area (Å²) in [6.45, 7) is 2.06. The van der Waals surface area contributed by atoms with Gasteiger partial charge in [0.2, 0.25) is 17.5 Å². The third kappa shape index (κ3) is 3.63. The first-order valence-corrected chi connectivity index (χ1v) is 6.45. The molecular weight excluding hydrogens is 292 g/mol. The molecule has 0 saturated carbocycles. The van der Waals surface area contributed by atoms with E-state index in [1.54, 1.807) is 4.90 Å². The lowest BCUT2D eigenvalue weighted by Gasteiger charge is -2.27. The van der Waals surface area contributed by atoms with Crippen molar-refractivity contribution in [3.05, 3.63) is 29.3 Å². The van der Waals surface area contributed by atoms with E-state index >= 15 is 0 Å². The van der Waals surface area contributed by atoms with Crippen LogP contribution < -0.4 is 10.1 Å². The Kier molecular flexibility index (Phi) is 5.00. The Morgan fingerprint density at radius 1 is 1.14 bits per heavy atom. The fraction of sp³-hybridized carbons (Fsp3) is 0.462. The third-order valence-electron chi connectivity index (χ3n) is 3.10. The average Bonchev–Trinajstić information content (AvgIpc) is 2.49. The zero-order valence-corrected chi connectivity index (χ0v) is 11.1. The molecule has 1 aromatic carbocycles. The number of ether oxygens (including phenoxy) is 1. The number of nitrogens with zero attached hydrogens (tertiary/aromatic N) is 1. The first-order valence-electron chi connectivity index (χ1n) is 6.45. The summed E-state index contributed by atoms with van der Waals surface area (Å²) in [6, 6.07) is 0.101. The third-order valence-corrected chi connectivity index (χ3v) is 3.10. The van der Waals surface area contributed by atoms with Crippen LogP contribution in [0.25, 0.3) is 0 Å². The van der Waals surface area contributed by atoms with Gasteiger partial charge in [-0.25, -0.2) is 8.78 Å². The Bertz CT molecular complexity index is 507. The number of hydrogen-bond acceptors (Lipinski definition) is 3. The number of carbonyl (C=O) groups is 1. The maximum absolute atomic E-state index is 13.3. The molecule has 0 spiro atoms. The smallest absolute Gasteiger partial charge is 0.226 e. The second-order valence-corrected chi connectivity index (χ2v) is 4.53. The van der Waals surface area contributed by atoms with Gasteiger partial charge in [0, 0.05) is 32.2 Å². The molecule has 0 radical (unpaired) electrons. The topological polar surface area (TPSA) is 41.6 Å². The van der Waals surface area contributed by atoms with Gasteiger partial charge >= 0.3 is 0 Å². The van der Waals surface area contributed by atoms with Gasteiger partial charge in [0.05, 0.1) is 13.0 Å². The fourth-order valence-corrected chi connectivity index (χ4v) is 1.99. The van der Waals surface area contributed by atoms with E-state index in [1.807, 2.05) is 0 Å². The highest BCUT2D eigenvalue weighted by molar-refractivity contribution is 5.76. The molecule has 116 valence electrons. The van der Waals surface area contributed by atoms with Gasteiger partial charge < -0.3 is 15.0 Å². The Balaban J connectivity index is 1.93. The van der Waals surface area contributed by atoms with E-state index < -0.39 is 29.0 Å². The molecule has 1 fully saturated rings. The quantitative estimate of drug-likeness (QED) is 0.676. The average molecular weight is 306 g/mol. The van der Waals surface area contributed by atoms with Crippen molar-refractivity contribution in [2.45, 2.75) is 6.42 Å². The standard InChI is InChI=1S/C13H14F4N2O2/c14-8-7-9(15)12(17)13(11(8)16)21-6-1-10(20)19-4-2-18-3-5-19/h7,18H,1-6H2. The van der Waals surface area contributed by atoms with E-state index in [1.165, 1.54) is 0 Å². The highest BCUT2D eigenvalue weighted by Gasteiger charge is 2.21. The Hall–Kier alpha value is -1.83. The van der Waals surface area contributed by atoms with Crippen molar-refractivity contribution in [3.63, 3.8) is 0 Å². The van der Waals surface area contributed by atoms with Crippen LogP contribution in [0.15, 0.2) is 6.07 Å². The molecule has 0 atom stereocenters. The maximum atomic E-state index is 13.3. The molecule has 4 nitrogen and oxygen atoms in total. The molecule has 21 heavy (non-hydrogen) atoms. The summed E-state index contributed by atoms with van der Waals surface area (Å²) in [5, 5.41) is 3.07. The van der Waals surface area contributed by atoms with Crippen LogP contribution in [0, 0.1) is 23.3 Å². The molecule has 0 aromatic heterocycles. The highest BCUT2D eigenvalue weighted by Crippen LogP contribution is 2.26. The molecule has 1 amide bonds. The summed E-state index contributed by atoms with van der Waals surface area (Å²) in [5.41, 5.74) is 0. The Labute approximate surface area is 118 Å². The molecule has 1 aliphatic heterocycles. The van der Waals surface area contributed by atoms with Crippen LogP contribution in [-0.2, 0) is 4.79 Å². The van der Waals surface area contributed by atoms with E-state index in [-0.39, 0.29) is 25.0 Å². The largest absolute Gasteiger partial charge is 0.487 e. The van der Waals surface area contributed by atoms with Crippen LogP contribution in [0.4, 0.5) is 17.6 Å². The fourth-order valence-electron chi connectivity index (χ4n) is 1.99. The lowest BCUT2D eigenvalue weighted by molar-refractivity contribution is -0.132. The maximum Gasteiger partial charge on any atom is 0.226 e. The van der Waals surface area contributed by atoms with Crippen LogP contribution in [-0.4, -0.2) is 43.6 Å². The number of piperazine rings is 1. The number of halogens is 4. The van der Waals surface area contributed by atoms with Crippen molar-refractivity contribution in [1.29, 1.82) is 0 Å². The van der Waals surface area contributed by atoms with Gasteiger partial charge in [0.1, 0.15) is 0 Å².